The number of amides is 2. The van der Waals surface area contributed by atoms with Gasteiger partial charge in [-0.3, -0.25) is 9.59 Å². The van der Waals surface area contributed by atoms with Gasteiger partial charge >= 0.3 is 0 Å². The van der Waals surface area contributed by atoms with Gasteiger partial charge in [-0.1, -0.05) is 0 Å². The first-order chi connectivity index (χ1) is 10.2. The molecule has 2 fully saturated rings. The lowest BCUT2D eigenvalue weighted by Crippen LogP contribution is -2.56. The molecular formula is C15H16N2O4. The number of ether oxygens (including phenoxy) is 2. The van der Waals surface area contributed by atoms with Crippen LogP contribution < -0.4 is 14.8 Å². The zero-order valence-corrected chi connectivity index (χ0v) is 11.5. The van der Waals surface area contributed by atoms with E-state index < -0.39 is 0 Å². The van der Waals surface area contributed by atoms with Crippen molar-refractivity contribution in [1.82, 2.24) is 10.2 Å². The number of likely N-dealkylation sites (tertiary alicyclic amines) is 1. The van der Waals surface area contributed by atoms with E-state index in [4.69, 9.17) is 9.47 Å². The molecule has 0 unspecified atom stereocenters. The molecule has 1 aliphatic carbocycles. The van der Waals surface area contributed by atoms with E-state index in [0.29, 0.717) is 36.2 Å². The van der Waals surface area contributed by atoms with Crippen LogP contribution in [0.4, 0.5) is 0 Å². The van der Waals surface area contributed by atoms with Crippen molar-refractivity contribution >= 4 is 11.8 Å². The fraction of sp³-hybridized carbons (Fsp3) is 0.467. The number of hydrogen-bond acceptors (Lipinski definition) is 4. The minimum absolute atomic E-state index is 0.0660. The molecule has 0 spiro atoms. The highest BCUT2D eigenvalue weighted by atomic mass is 16.7. The maximum atomic E-state index is 12.3. The molecule has 1 N–H and O–H groups in total. The number of hydrogen-bond donors (Lipinski definition) is 1. The molecule has 2 aliphatic heterocycles. The minimum atomic E-state index is -0.0661. The summed E-state index contributed by atoms with van der Waals surface area (Å²) in [6, 6.07) is 5.54. The van der Waals surface area contributed by atoms with Gasteiger partial charge in [0.1, 0.15) is 0 Å². The highest BCUT2D eigenvalue weighted by molar-refractivity contribution is 5.96. The van der Waals surface area contributed by atoms with Gasteiger partial charge in [0.15, 0.2) is 11.5 Å². The summed E-state index contributed by atoms with van der Waals surface area (Å²) in [6.07, 6.45) is 2.16. The van der Waals surface area contributed by atoms with Crippen LogP contribution in [0.25, 0.3) is 0 Å². The first-order valence-corrected chi connectivity index (χ1v) is 7.20. The van der Waals surface area contributed by atoms with Crippen molar-refractivity contribution in [2.24, 2.45) is 5.92 Å². The van der Waals surface area contributed by atoms with E-state index in [1.54, 1.807) is 23.1 Å². The van der Waals surface area contributed by atoms with Gasteiger partial charge in [-0.25, -0.2) is 0 Å². The lowest BCUT2D eigenvalue weighted by molar-refractivity contribution is -0.129. The molecule has 1 saturated carbocycles. The molecule has 0 radical (unpaired) electrons. The third-order valence-corrected chi connectivity index (χ3v) is 4.08. The van der Waals surface area contributed by atoms with Crippen molar-refractivity contribution in [2.45, 2.75) is 18.9 Å². The van der Waals surface area contributed by atoms with Crippen molar-refractivity contribution in [3.63, 3.8) is 0 Å². The largest absolute Gasteiger partial charge is 0.454 e. The fourth-order valence-electron chi connectivity index (χ4n) is 2.57. The number of rotatable bonds is 3. The van der Waals surface area contributed by atoms with Gasteiger partial charge in [0, 0.05) is 24.7 Å². The van der Waals surface area contributed by atoms with E-state index in [-0.39, 0.29) is 24.5 Å². The summed E-state index contributed by atoms with van der Waals surface area (Å²) >= 11 is 0. The molecule has 21 heavy (non-hydrogen) atoms. The molecular weight excluding hydrogens is 272 g/mol. The second kappa shape index (κ2) is 4.65. The Bertz CT molecular complexity index is 606. The van der Waals surface area contributed by atoms with Crippen molar-refractivity contribution in [2.75, 3.05) is 19.9 Å². The van der Waals surface area contributed by atoms with Crippen LogP contribution in [0.2, 0.25) is 0 Å². The third kappa shape index (κ3) is 2.30. The summed E-state index contributed by atoms with van der Waals surface area (Å²) in [5.41, 5.74) is 0.570. The Hall–Kier alpha value is -2.24. The molecule has 4 rings (SSSR count). The quantitative estimate of drug-likeness (QED) is 0.892. The predicted molar refractivity (Wildman–Crippen MR) is 73.1 cm³/mol. The minimum Gasteiger partial charge on any atom is -0.454 e. The molecule has 0 aromatic heterocycles. The van der Waals surface area contributed by atoms with Gasteiger partial charge in [-0.15, -0.1) is 0 Å². The van der Waals surface area contributed by atoms with Gasteiger partial charge in [0.25, 0.3) is 5.91 Å². The highest BCUT2D eigenvalue weighted by Gasteiger charge is 2.38. The van der Waals surface area contributed by atoms with E-state index in [2.05, 4.69) is 5.32 Å². The number of carbonyl (C=O) groups is 2. The van der Waals surface area contributed by atoms with Crippen LogP contribution in [0.15, 0.2) is 18.2 Å². The Kier molecular flexibility index (Phi) is 2.77. The van der Waals surface area contributed by atoms with Crippen LogP contribution in [-0.4, -0.2) is 42.6 Å². The second-order valence-electron chi connectivity index (χ2n) is 5.76. The Morgan fingerprint density at radius 3 is 2.67 bits per heavy atom. The first-order valence-electron chi connectivity index (χ1n) is 7.20. The van der Waals surface area contributed by atoms with Gasteiger partial charge in [-0.05, 0) is 31.0 Å². The lowest BCUT2D eigenvalue weighted by Gasteiger charge is -2.38. The van der Waals surface area contributed by atoms with Crippen LogP contribution in [0.1, 0.15) is 23.2 Å². The molecule has 0 atom stereocenters. The number of fused-ring (bicyclic) bond motifs is 1. The number of nitrogens with zero attached hydrogens (tertiary/aromatic N) is 1. The van der Waals surface area contributed by atoms with Gasteiger partial charge < -0.3 is 19.7 Å². The zero-order chi connectivity index (χ0) is 14.4. The lowest BCUT2D eigenvalue weighted by atomic mass is 9.97. The molecule has 1 saturated heterocycles. The summed E-state index contributed by atoms with van der Waals surface area (Å²) in [5.74, 6) is 1.21. The average molecular weight is 288 g/mol. The molecule has 6 heteroatoms. The van der Waals surface area contributed by atoms with Crippen molar-refractivity contribution in [3.8, 4) is 11.5 Å². The summed E-state index contributed by atoms with van der Waals surface area (Å²) in [4.78, 5) is 25.9. The van der Waals surface area contributed by atoms with Crippen LogP contribution in [0.5, 0.6) is 11.5 Å². The molecule has 2 heterocycles. The Labute approximate surface area is 122 Å². The van der Waals surface area contributed by atoms with Crippen molar-refractivity contribution < 1.29 is 19.1 Å². The van der Waals surface area contributed by atoms with Gasteiger partial charge in [0.2, 0.25) is 12.7 Å². The standard InChI is InChI=1S/C15H16N2O4/c18-14(16-11-2-3-11)10-6-17(7-10)15(19)9-1-4-12-13(5-9)21-8-20-12/h1,4-5,10-11H,2-3,6-8H2,(H,16,18). The molecule has 1 aromatic rings. The normalized spacial score (nSPS) is 20.1. The predicted octanol–water partition coefficient (Wildman–Crippen LogP) is 0.766. The molecule has 110 valence electrons. The maximum absolute atomic E-state index is 12.3. The monoisotopic (exact) mass is 288 g/mol. The van der Waals surface area contributed by atoms with Gasteiger partial charge in [0.05, 0.1) is 5.92 Å². The Morgan fingerprint density at radius 2 is 1.90 bits per heavy atom. The number of benzene rings is 1. The summed E-state index contributed by atoms with van der Waals surface area (Å²) in [7, 11) is 0. The van der Waals surface area contributed by atoms with Crippen LogP contribution in [0.3, 0.4) is 0 Å². The van der Waals surface area contributed by atoms with E-state index in [9.17, 15) is 9.59 Å². The summed E-state index contributed by atoms with van der Waals surface area (Å²) < 4.78 is 10.5. The maximum Gasteiger partial charge on any atom is 0.254 e. The smallest absolute Gasteiger partial charge is 0.254 e. The van der Waals surface area contributed by atoms with Crippen molar-refractivity contribution in [1.29, 1.82) is 0 Å². The van der Waals surface area contributed by atoms with Crippen LogP contribution in [-0.2, 0) is 4.79 Å². The fourth-order valence-corrected chi connectivity index (χ4v) is 2.57. The molecule has 2 amide bonds. The highest BCUT2D eigenvalue weighted by Crippen LogP contribution is 2.33. The van der Waals surface area contributed by atoms with Crippen LogP contribution >= 0.6 is 0 Å². The number of carbonyl (C=O) groups excluding carboxylic acids is 2. The summed E-state index contributed by atoms with van der Waals surface area (Å²) in [6.45, 7) is 1.18. The average Bonchev–Trinajstić information content (AvgIpc) is 3.11. The number of nitrogens with one attached hydrogen (secondary N) is 1. The third-order valence-electron chi connectivity index (χ3n) is 4.08. The second-order valence-corrected chi connectivity index (χ2v) is 5.76. The Morgan fingerprint density at radius 1 is 1.14 bits per heavy atom. The summed E-state index contributed by atoms with van der Waals surface area (Å²) in [5, 5.41) is 2.98. The molecule has 0 bridgehead atoms. The van der Waals surface area contributed by atoms with Crippen molar-refractivity contribution in [3.05, 3.63) is 23.8 Å². The van der Waals surface area contributed by atoms with Crippen LogP contribution in [0, 0.1) is 5.92 Å². The Balaban J connectivity index is 1.37. The van der Waals surface area contributed by atoms with Gasteiger partial charge in [-0.2, -0.15) is 0 Å². The first kappa shape index (κ1) is 12.5. The zero-order valence-electron chi connectivity index (χ0n) is 11.5. The SMILES string of the molecule is O=C(NC1CC1)C1CN(C(=O)c2ccc3c(c2)OCO3)C1. The van der Waals surface area contributed by atoms with E-state index in [1.807, 2.05) is 0 Å². The topological polar surface area (TPSA) is 67.9 Å². The molecule has 3 aliphatic rings. The van der Waals surface area contributed by atoms with E-state index >= 15 is 0 Å². The molecule has 6 nitrogen and oxygen atoms in total. The van der Waals surface area contributed by atoms with E-state index in [0.717, 1.165) is 12.8 Å². The van der Waals surface area contributed by atoms with E-state index in [1.165, 1.54) is 0 Å². The molecule has 1 aromatic carbocycles.